The molecule has 0 atom stereocenters. The van der Waals surface area contributed by atoms with Gasteiger partial charge in [-0.05, 0) is 23.6 Å². The van der Waals surface area contributed by atoms with E-state index < -0.39 is 5.97 Å². The van der Waals surface area contributed by atoms with Gasteiger partial charge in [0.25, 0.3) is 0 Å². The molecule has 0 bridgehead atoms. The van der Waals surface area contributed by atoms with E-state index in [1.165, 1.54) is 16.9 Å². The van der Waals surface area contributed by atoms with E-state index in [-0.39, 0.29) is 0 Å². The predicted molar refractivity (Wildman–Crippen MR) is 46.4 cm³/mol. The quantitative estimate of drug-likeness (QED) is 0.715. The van der Waals surface area contributed by atoms with Crippen LogP contribution in [-0.2, 0) is 13.1 Å². The number of rotatable bonds is 1. The SMILES string of the molecule is CN1Cc2csc(C(=O)O)c2C1. The summed E-state index contributed by atoms with van der Waals surface area (Å²) >= 11 is 1.34. The molecule has 0 saturated carbocycles. The average Bonchev–Trinajstić information content (AvgIpc) is 2.43. The molecule has 4 heteroatoms. The van der Waals surface area contributed by atoms with Crippen molar-refractivity contribution in [2.45, 2.75) is 13.1 Å². The molecule has 0 amide bonds. The molecule has 0 spiro atoms. The lowest BCUT2D eigenvalue weighted by molar-refractivity contribution is 0.0701. The van der Waals surface area contributed by atoms with E-state index in [0.29, 0.717) is 4.88 Å². The van der Waals surface area contributed by atoms with Crippen LogP contribution in [0.2, 0.25) is 0 Å². The van der Waals surface area contributed by atoms with E-state index >= 15 is 0 Å². The van der Waals surface area contributed by atoms with Crippen LogP contribution in [0.25, 0.3) is 0 Å². The van der Waals surface area contributed by atoms with Gasteiger partial charge in [0.2, 0.25) is 0 Å². The fourth-order valence-corrected chi connectivity index (χ4v) is 2.44. The van der Waals surface area contributed by atoms with Crippen molar-refractivity contribution in [3.05, 3.63) is 21.4 Å². The number of fused-ring (bicyclic) bond motifs is 1. The molecule has 0 radical (unpaired) electrons. The Balaban J connectivity index is 2.43. The molecule has 0 aromatic carbocycles. The average molecular weight is 183 g/mol. The summed E-state index contributed by atoms with van der Waals surface area (Å²) in [4.78, 5) is 13.3. The van der Waals surface area contributed by atoms with E-state index in [0.717, 1.165) is 18.7 Å². The van der Waals surface area contributed by atoms with E-state index in [9.17, 15) is 4.79 Å². The van der Waals surface area contributed by atoms with Gasteiger partial charge in [-0.3, -0.25) is 4.90 Å². The van der Waals surface area contributed by atoms with Crippen molar-refractivity contribution in [1.82, 2.24) is 4.90 Å². The van der Waals surface area contributed by atoms with Crippen molar-refractivity contribution in [1.29, 1.82) is 0 Å². The lowest BCUT2D eigenvalue weighted by Gasteiger charge is -2.04. The molecule has 1 aliphatic heterocycles. The maximum Gasteiger partial charge on any atom is 0.346 e. The number of hydrogen-bond donors (Lipinski definition) is 1. The number of nitrogens with zero attached hydrogens (tertiary/aromatic N) is 1. The van der Waals surface area contributed by atoms with E-state index in [4.69, 9.17) is 5.11 Å². The molecular formula is C8H9NO2S. The minimum atomic E-state index is -0.795. The first-order valence-corrected chi connectivity index (χ1v) is 4.57. The van der Waals surface area contributed by atoms with Crippen LogP contribution < -0.4 is 0 Å². The molecular weight excluding hydrogens is 174 g/mol. The second-order valence-electron chi connectivity index (χ2n) is 3.05. The maximum atomic E-state index is 10.7. The van der Waals surface area contributed by atoms with Crippen LogP contribution in [0, 0.1) is 0 Å². The summed E-state index contributed by atoms with van der Waals surface area (Å²) in [5.74, 6) is -0.795. The van der Waals surface area contributed by atoms with Crippen LogP contribution in [0.15, 0.2) is 5.38 Å². The Bertz CT molecular complexity index is 332. The molecule has 2 rings (SSSR count). The highest BCUT2D eigenvalue weighted by atomic mass is 32.1. The molecule has 12 heavy (non-hydrogen) atoms. The van der Waals surface area contributed by atoms with Crippen LogP contribution in [0.1, 0.15) is 20.8 Å². The van der Waals surface area contributed by atoms with Crippen LogP contribution >= 0.6 is 11.3 Å². The first-order valence-electron chi connectivity index (χ1n) is 3.69. The van der Waals surface area contributed by atoms with Crippen molar-refractivity contribution in [3.63, 3.8) is 0 Å². The lowest BCUT2D eigenvalue weighted by atomic mass is 10.2. The highest BCUT2D eigenvalue weighted by molar-refractivity contribution is 7.12. The molecule has 64 valence electrons. The monoisotopic (exact) mass is 183 g/mol. The topological polar surface area (TPSA) is 40.5 Å². The van der Waals surface area contributed by atoms with Crippen molar-refractivity contribution in [3.8, 4) is 0 Å². The van der Waals surface area contributed by atoms with Crippen molar-refractivity contribution in [2.24, 2.45) is 0 Å². The molecule has 2 heterocycles. The standard InChI is InChI=1S/C8H9NO2S/c1-9-2-5-4-12-7(8(10)11)6(5)3-9/h4H,2-3H2,1H3,(H,10,11). The highest BCUT2D eigenvalue weighted by Gasteiger charge is 2.23. The Morgan fingerprint density at radius 1 is 1.67 bits per heavy atom. The summed E-state index contributed by atoms with van der Waals surface area (Å²) in [6, 6.07) is 0. The fraction of sp³-hybridized carbons (Fsp3) is 0.375. The van der Waals surface area contributed by atoms with Gasteiger partial charge in [-0.15, -0.1) is 11.3 Å². The van der Waals surface area contributed by atoms with Gasteiger partial charge in [0.15, 0.2) is 0 Å². The van der Waals surface area contributed by atoms with Crippen LogP contribution in [0.3, 0.4) is 0 Å². The number of carboxylic acid groups (broad SMARTS) is 1. The molecule has 0 unspecified atom stereocenters. The molecule has 0 aliphatic carbocycles. The summed E-state index contributed by atoms with van der Waals surface area (Å²) in [6.45, 7) is 1.67. The third-order valence-electron chi connectivity index (χ3n) is 2.04. The minimum Gasteiger partial charge on any atom is -0.477 e. The van der Waals surface area contributed by atoms with Gasteiger partial charge in [-0.25, -0.2) is 4.79 Å². The van der Waals surface area contributed by atoms with Gasteiger partial charge in [0, 0.05) is 13.1 Å². The zero-order valence-corrected chi connectivity index (χ0v) is 7.52. The molecule has 1 aromatic heterocycles. The van der Waals surface area contributed by atoms with E-state index in [1.54, 1.807) is 0 Å². The molecule has 1 aromatic rings. The van der Waals surface area contributed by atoms with Gasteiger partial charge in [-0.1, -0.05) is 0 Å². The molecule has 3 nitrogen and oxygen atoms in total. The summed E-state index contributed by atoms with van der Waals surface area (Å²) < 4.78 is 0. The lowest BCUT2D eigenvalue weighted by Crippen LogP contribution is -2.09. The molecule has 0 fully saturated rings. The Morgan fingerprint density at radius 3 is 3.08 bits per heavy atom. The summed E-state index contributed by atoms with van der Waals surface area (Å²) in [5.41, 5.74) is 2.19. The zero-order valence-electron chi connectivity index (χ0n) is 6.70. The van der Waals surface area contributed by atoms with Gasteiger partial charge in [0.05, 0.1) is 0 Å². The normalized spacial score (nSPS) is 16.4. The third-order valence-corrected chi connectivity index (χ3v) is 3.10. The number of hydrogen-bond acceptors (Lipinski definition) is 3. The Kier molecular flexibility index (Phi) is 1.66. The van der Waals surface area contributed by atoms with Crippen LogP contribution in [0.5, 0.6) is 0 Å². The largest absolute Gasteiger partial charge is 0.477 e. The van der Waals surface area contributed by atoms with Crippen molar-refractivity contribution in [2.75, 3.05) is 7.05 Å². The maximum absolute atomic E-state index is 10.7. The van der Waals surface area contributed by atoms with Gasteiger partial charge in [0.1, 0.15) is 4.88 Å². The number of carboxylic acids is 1. The summed E-state index contributed by atoms with van der Waals surface area (Å²) in [5, 5.41) is 10.8. The van der Waals surface area contributed by atoms with Gasteiger partial charge < -0.3 is 5.11 Å². The second-order valence-corrected chi connectivity index (χ2v) is 3.93. The third kappa shape index (κ3) is 1.04. The Labute approximate surface area is 74.2 Å². The zero-order chi connectivity index (χ0) is 8.72. The minimum absolute atomic E-state index is 0.509. The van der Waals surface area contributed by atoms with E-state index in [1.807, 2.05) is 12.4 Å². The summed E-state index contributed by atoms with van der Waals surface area (Å²) in [7, 11) is 2.00. The fourth-order valence-electron chi connectivity index (χ4n) is 1.52. The van der Waals surface area contributed by atoms with Crippen molar-refractivity contribution < 1.29 is 9.90 Å². The smallest absolute Gasteiger partial charge is 0.346 e. The van der Waals surface area contributed by atoms with Crippen LogP contribution in [0.4, 0.5) is 0 Å². The van der Waals surface area contributed by atoms with Crippen LogP contribution in [-0.4, -0.2) is 23.0 Å². The Hall–Kier alpha value is -0.870. The number of aromatic carboxylic acids is 1. The molecule has 1 N–H and O–H groups in total. The number of thiophene rings is 1. The van der Waals surface area contributed by atoms with Gasteiger partial charge in [-0.2, -0.15) is 0 Å². The highest BCUT2D eigenvalue weighted by Crippen LogP contribution is 2.29. The van der Waals surface area contributed by atoms with E-state index in [2.05, 4.69) is 4.90 Å². The number of carbonyl (C=O) groups is 1. The summed E-state index contributed by atoms with van der Waals surface area (Å²) in [6.07, 6.45) is 0. The van der Waals surface area contributed by atoms with Crippen molar-refractivity contribution >= 4 is 17.3 Å². The van der Waals surface area contributed by atoms with Gasteiger partial charge >= 0.3 is 5.97 Å². The second kappa shape index (κ2) is 2.57. The molecule has 1 aliphatic rings. The first kappa shape index (κ1) is 7.76. The first-order chi connectivity index (χ1) is 5.68. The molecule has 0 saturated heterocycles. The Morgan fingerprint density at radius 2 is 2.42 bits per heavy atom. The predicted octanol–water partition coefficient (Wildman–Crippen LogP) is 1.39.